The minimum Gasteiger partial charge on any atom is -0.449 e. The Morgan fingerprint density at radius 2 is 0.654 bits per heavy atom. The van der Waals surface area contributed by atoms with Gasteiger partial charge in [-0.25, -0.2) is 0 Å². The van der Waals surface area contributed by atoms with E-state index in [0.717, 1.165) is 55.7 Å². The van der Waals surface area contributed by atoms with Gasteiger partial charge in [0, 0.05) is 10.8 Å². The molecule has 1 heterocycles. The summed E-state index contributed by atoms with van der Waals surface area (Å²) in [6, 6.07) is 65.0. The maximum Gasteiger partial charge on any atom is 0.178 e. The molecule has 0 bridgehead atoms. The summed E-state index contributed by atoms with van der Waals surface area (Å²) in [5.41, 5.74) is 7.21. The van der Waals surface area contributed by atoms with Crippen LogP contribution in [0.2, 0.25) is 0 Å². The number of hydrogen-bond donors (Lipinski definition) is 0. The van der Waals surface area contributed by atoms with Gasteiger partial charge in [-0.15, -0.1) is 0 Å². The smallest absolute Gasteiger partial charge is 0.178 e. The third-order valence-electron chi connectivity index (χ3n) is 10.7. The highest BCUT2D eigenvalue weighted by Crippen LogP contribution is 2.53. The third-order valence-corrected chi connectivity index (χ3v) is 10.7. The maximum absolute atomic E-state index is 6.70. The Balaban J connectivity index is 1.00. The van der Waals surface area contributed by atoms with Crippen molar-refractivity contribution in [2.24, 2.45) is 0 Å². The molecule has 0 aliphatic carbocycles. The molecule has 0 aromatic heterocycles. The lowest BCUT2D eigenvalue weighted by Crippen LogP contribution is -2.01. The van der Waals surface area contributed by atoms with E-state index in [-0.39, 0.29) is 0 Å². The second-order valence-electron chi connectivity index (χ2n) is 13.6. The zero-order valence-corrected chi connectivity index (χ0v) is 28.1. The molecule has 1 aliphatic heterocycles. The van der Waals surface area contributed by atoms with E-state index < -0.39 is 0 Å². The molecule has 0 radical (unpaired) electrons. The summed E-state index contributed by atoms with van der Waals surface area (Å²) in [5.74, 6) is 2.98. The lowest BCUT2D eigenvalue weighted by molar-refractivity contribution is 0.367. The first kappa shape index (κ1) is 28.9. The van der Waals surface area contributed by atoms with E-state index in [2.05, 4.69) is 170 Å². The van der Waals surface area contributed by atoms with E-state index >= 15 is 0 Å². The fourth-order valence-electron chi connectivity index (χ4n) is 8.29. The highest BCUT2D eigenvalue weighted by Gasteiger charge is 2.25. The zero-order valence-electron chi connectivity index (χ0n) is 28.1. The topological polar surface area (TPSA) is 18.5 Å². The summed E-state index contributed by atoms with van der Waals surface area (Å²) in [6.07, 6.45) is 0. The normalized spacial score (nSPS) is 12.2. The SMILES string of the molecule is c1ccc(-c2c3ccccc3c(-c3ccc4cc(-c5ccc6c(c5)Oc5c(c7ccccc7c7ccccc57)O6)ccc4c3)c3ccccc23)cc1. The van der Waals surface area contributed by atoms with Crippen LogP contribution in [0.5, 0.6) is 23.0 Å². The Labute approximate surface area is 300 Å². The average Bonchev–Trinajstić information content (AvgIpc) is 3.22. The van der Waals surface area contributed by atoms with Crippen LogP contribution in [0.15, 0.2) is 182 Å². The summed E-state index contributed by atoms with van der Waals surface area (Å²) < 4.78 is 13.3. The van der Waals surface area contributed by atoms with Gasteiger partial charge in [0.1, 0.15) is 0 Å². The Bertz CT molecular complexity index is 3010. The molecule has 0 unspecified atom stereocenters. The van der Waals surface area contributed by atoms with E-state index in [1.807, 2.05) is 12.1 Å². The van der Waals surface area contributed by atoms with Crippen molar-refractivity contribution in [3.05, 3.63) is 182 Å². The van der Waals surface area contributed by atoms with Crippen LogP contribution in [-0.2, 0) is 0 Å². The number of fused-ring (bicyclic) bond motifs is 10. The molecule has 2 heteroatoms. The molecule has 0 N–H and O–H groups in total. The molecule has 52 heavy (non-hydrogen) atoms. The van der Waals surface area contributed by atoms with Gasteiger partial charge in [-0.2, -0.15) is 0 Å². The molecule has 1 aliphatic rings. The van der Waals surface area contributed by atoms with Gasteiger partial charge in [-0.1, -0.05) is 158 Å². The van der Waals surface area contributed by atoms with E-state index in [4.69, 9.17) is 9.47 Å². The van der Waals surface area contributed by atoms with Crippen LogP contribution in [0.3, 0.4) is 0 Å². The van der Waals surface area contributed by atoms with E-state index in [1.54, 1.807) is 0 Å². The van der Waals surface area contributed by atoms with Crippen LogP contribution in [-0.4, -0.2) is 0 Å². The Hall–Kier alpha value is -6.90. The van der Waals surface area contributed by atoms with E-state index in [1.165, 1.54) is 54.6 Å². The number of rotatable bonds is 3. The fraction of sp³-hybridized carbons (Fsp3) is 0. The minimum absolute atomic E-state index is 0.721. The quantitative estimate of drug-likeness (QED) is 0.138. The Kier molecular flexibility index (Phi) is 6.28. The monoisotopic (exact) mass is 662 g/mol. The highest BCUT2D eigenvalue weighted by molar-refractivity contribution is 6.22. The first-order chi connectivity index (χ1) is 25.8. The lowest BCUT2D eigenvalue weighted by atomic mass is 9.85. The van der Waals surface area contributed by atoms with Crippen LogP contribution in [0, 0.1) is 0 Å². The van der Waals surface area contributed by atoms with Gasteiger partial charge >= 0.3 is 0 Å². The summed E-state index contributed by atoms with van der Waals surface area (Å²) >= 11 is 0. The number of benzene rings is 10. The summed E-state index contributed by atoms with van der Waals surface area (Å²) in [6.45, 7) is 0. The van der Waals surface area contributed by atoms with Crippen molar-refractivity contribution in [3.8, 4) is 56.4 Å². The van der Waals surface area contributed by atoms with Crippen molar-refractivity contribution in [2.45, 2.75) is 0 Å². The Morgan fingerprint density at radius 3 is 1.23 bits per heavy atom. The molecular weight excluding hydrogens is 633 g/mol. The Morgan fingerprint density at radius 1 is 0.250 bits per heavy atom. The van der Waals surface area contributed by atoms with Crippen LogP contribution in [0.1, 0.15) is 0 Å². The standard InChI is InChI=1S/C50H30O2/c1-2-12-31(13-3-1)47-39-16-6-8-18-41(39)48(42-19-9-7-17-40(42)47)36-25-24-32-28-33(22-23-34(32)29-36)35-26-27-45-46(30-35)52-50-44-21-11-5-15-38(44)37-14-4-10-20-43(37)49(50)51-45/h1-30H. The van der Waals surface area contributed by atoms with Gasteiger partial charge in [0.05, 0.1) is 0 Å². The van der Waals surface area contributed by atoms with Gasteiger partial charge < -0.3 is 9.47 Å². The second kappa shape index (κ2) is 11.3. The van der Waals surface area contributed by atoms with Gasteiger partial charge in [0.25, 0.3) is 0 Å². The van der Waals surface area contributed by atoms with Crippen molar-refractivity contribution in [1.29, 1.82) is 0 Å². The van der Waals surface area contributed by atoms with Gasteiger partial charge in [0.15, 0.2) is 23.0 Å². The molecule has 242 valence electrons. The largest absolute Gasteiger partial charge is 0.449 e. The number of ether oxygens (including phenoxy) is 2. The molecule has 0 saturated carbocycles. The van der Waals surface area contributed by atoms with Crippen molar-refractivity contribution >= 4 is 53.9 Å². The van der Waals surface area contributed by atoms with Crippen LogP contribution in [0.25, 0.3) is 87.2 Å². The van der Waals surface area contributed by atoms with Crippen LogP contribution >= 0.6 is 0 Å². The third kappa shape index (κ3) is 4.38. The van der Waals surface area contributed by atoms with Gasteiger partial charge in [-0.3, -0.25) is 0 Å². The molecule has 10 aromatic carbocycles. The van der Waals surface area contributed by atoms with Crippen molar-refractivity contribution < 1.29 is 9.47 Å². The lowest BCUT2D eigenvalue weighted by Gasteiger charge is -2.24. The van der Waals surface area contributed by atoms with Gasteiger partial charge in [0.2, 0.25) is 0 Å². The first-order valence-corrected chi connectivity index (χ1v) is 17.8. The van der Waals surface area contributed by atoms with Crippen molar-refractivity contribution in [1.82, 2.24) is 0 Å². The summed E-state index contributed by atoms with van der Waals surface area (Å²) in [5, 5.41) is 11.8. The average molecular weight is 663 g/mol. The predicted octanol–water partition coefficient (Wildman–Crippen LogP) is 14.4. The molecule has 0 amide bonds. The first-order valence-electron chi connectivity index (χ1n) is 17.8. The van der Waals surface area contributed by atoms with Crippen LogP contribution < -0.4 is 9.47 Å². The molecule has 0 spiro atoms. The molecule has 2 nitrogen and oxygen atoms in total. The second-order valence-corrected chi connectivity index (χ2v) is 13.6. The molecule has 11 rings (SSSR count). The van der Waals surface area contributed by atoms with E-state index in [9.17, 15) is 0 Å². The molecule has 0 saturated heterocycles. The molecular formula is C50H30O2. The zero-order chi connectivity index (χ0) is 34.2. The van der Waals surface area contributed by atoms with E-state index in [0.29, 0.717) is 0 Å². The highest BCUT2D eigenvalue weighted by atomic mass is 16.6. The minimum atomic E-state index is 0.721. The molecule has 0 atom stereocenters. The number of hydrogen-bond acceptors (Lipinski definition) is 2. The predicted molar refractivity (Wildman–Crippen MR) is 217 cm³/mol. The van der Waals surface area contributed by atoms with Gasteiger partial charge in [-0.05, 0) is 101 Å². The maximum atomic E-state index is 6.70. The molecule has 0 fully saturated rings. The summed E-state index contributed by atoms with van der Waals surface area (Å²) in [7, 11) is 0. The van der Waals surface area contributed by atoms with Crippen molar-refractivity contribution in [3.63, 3.8) is 0 Å². The van der Waals surface area contributed by atoms with Crippen molar-refractivity contribution in [2.75, 3.05) is 0 Å². The summed E-state index contributed by atoms with van der Waals surface area (Å²) in [4.78, 5) is 0. The van der Waals surface area contributed by atoms with Crippen LogP contribution in [0.4, 0.5) is 0 Å². The molecule has 10 aromatic rings. The fourth-order valence-corrected chi connectivity index (χ4v) is 8.29.